The summed E-state index contributed by atoms with van der Waals surface area (Å²) in [5.41, 5.74) is 2.54. The number of Topliss-reactive ketones (excluding diaryl/α,β-unsaturated/α-hetero) is 1. The summed E-state index contributed by atoms with van der Waals surface area (Å²) in [6.45, 7) is 5.48. The molecule has 0 bridgehead atoms. The Labute approximate surface area is 201 Å². The summed E-state index contributed by atoms with van der Waals surface area (Å²) in [7, 11) is 0. The zero-order valence-electron chi connectivity index (χ0n) is 20.5. The van der Waals surface area contributed by atoms with E-state index in [1.165, 1.54) is 18.4 Å². The number of carboxylic acids is 1. The number of amides is 1. The van der Waals surface area contributed by atoms with E-state index in [1.54, 1.807) is 6.92 Å². The number of rotatable bonds is 7. The molecule has 8 nitrogen and oxygen atoms in total. The third-order valence-electron chi connectivity index (χ3n) is 9.66. The van der Waals surface area contributed by atoms with E-state index in [0.717, 1.165) is 44.2 Å². The maximum atomic E-state index is 12.3. The summed E-state index contributed by atoms with van der Waals surface area (Å²) in [6.07, 6.45) is 10.6. The van der Waals surface area contributed by atoms with Crippen LogP contribution >= 0.6 is 0 Å². The van der Waals surface area contributed by atoms with E-state index in [4.69, 9.17) is 15.1 Å². The van der Waals surface area contributed by atoms with Crippen LogP contribution in [-0.4, -0.2) is 52.8 Å². The number of carboxylic acid groups (broad SMARTS) is 1. The number of carbonyl (C=O) groups excluding carboxylic acids is 2. The fraction of sp³-hybridized carbons (Fsp3) is 0.769. The van der Waals surface area contributed by atoms with Crippen molar-refractivity contribution in [3.63, 3.8) is 0 Å². The van der Waals surface area contributed by atoms with Gasteiger partial charge in [0.1, 0.15) is 11.8 Å². The molecule has 0 unspecified atom stereocenters. The number of hydrogen-bond acceptors (Lipinski definition) is 6. The normalized spacial score (nSPS) is 38.7. The molecule has 4 rings (SSSR count). The first kappa shape index (κ1) is 24.9. The molecule has 4 aliphatic carbocycles. The molecular formula is C26H38N2O6. The van der Waals surface area contributed by atoms with Gasteiger partial charge in [0.15, 0.2) is 6.61 Å². The summed E-state index contributed by atoms with van der Waals surface area (Å²) < 4.78 is 0. The predicted octanol–water partition coefficient (Wildman–Crippen LogP) is 3.09. The average molecular weight is 475 g/mol. The van der Waals surface area contributed by atoms with Gasteiger partial charge >= 0.3 is 5.97 Å². The quantitative estimate of drug-likeness (QED) is 0.487. The average Bonchev–Trinajstić information content (AvgIpc) is 3.15. The Morgan fingerprint density at radius 3 is 2.59 bits per heavy atom. The maximum absolute atomic E-state index is 12.3. The third kappa shape index (κ3) is 4.30. The molecule has 4 aliphatic rings. The highest BCUT2D eigenvalue weighted by Gasteiger charge is 2.59. The predicted molar refractivity (Wildman–Crippen MR) is 126 cm³/mol. The lowest BCUT2D eigenvalue weighted by molar-refractivity contribution is -0.143. The molecule has 3 N–H and O–H groups in total. The highest BCUT2D eigenvalue weighted by Crippen LogP contribution is 2.66. The van der Waals surface area contributed by atoms with Gasteiger partial charge in [-0.05, 0) is 93.0 Å². The number of hydrogen-bond donors (Lipinski definition) is 3. The van der Waals surface area contributed by atoms with Crippen LogP contribution < -0.4 is 5.32 Å². The molecule has 1 amide bonds. The Morgan fingerprint density at radius 1 is 1.15 bits per heavy atom. The molecule has 34 heavy (non-hydrogen) atoms. The van der Waals surface area contributed by atoms with Gasteiger partial charge in [0.2, 0.25) is 0 Å². The van der Waals surface area contributed by atoms with E-state index >= 15 is 0 Å². The molecule has 8 heteroatoms. The third-order valence-corrected chi connectivity index (χ3v) is 9.66. The van der Waals surface area contributed by atoms with Gasteiger partial charge in [-0.2, -0.15) is 0 Å². The number of oxime groups is 1. The number of aliphatic carboxylic acids is 1. The molecule has 0 aromatic heterocycles. The minimum Gasteiger partial charge on any atom is -0.480 e. The summed E-state index contributed by atoms with van der Waals surface area (Å²) in [4.78, 5) is 40.3. The van der Waals surface area contributed by atoms with Crippen molar-refractivity contribution in [1.29, 1.82) is 0 Å². The molecule has 0 spiro atoms. The van der Waals surface area contributed by atoms with Crippen LogP contribution in [0.5, 0.6) is 0 Å². The second kappa shape index (κ2) is 9.44. The number of ketones is 1. The molecule has 0 saturated heterocycles. The molecule has 0 heterocycles. The van der Waals surface area contributed by atoms with E-state index in [0.29, 0.717) is 23.5 Å². The van der Waals surface area contributed by atoms with Gasteiger partial charge in [-0.3, -0.25) is 9.59 Å². The second-order valence-electron chi connectivity index (χ2n) is 11.3. The fourth-order valence-electron chi connectivity index (χ4n) is 7.91. The van der Waals surface area contributed by atoms with Crippen molar-refractivity contribution >= 4 is 23.4 Å². The van der Waals surface area contributed by atoms with Gasteiger partial charge in [-0.15, -0.1) is 0 Å². The topological polar surface area (TPSA) is 125 Å². The molecule has 0 aliphatic heterocycles. The molecule has 0 aromatic carbocycles. The summed E-state index contributed by atoms with van der Waals surface area (Å²) in [6, 6.07) is -1.35. The Kier molecular flexibility index (Phi) is 6.91. The number of nitrogens with one attached hydrogen (secondary N) is 1. The summed E-state index contributed by atoms with van der Waals surface area (Å²) >= 11 is 0. The van der Waals surface area contributed by atoms with Crippen LogP contribution in [0.4, 0.5) is 0 Å². The van der Waals surface area contributed by atoms with Crippen LogP contribution in [-0.2, 0) is 19.2 Å². The number of allylic oxidation sites excluding steroid dienone is 2. The SMILES string of the molecule is CC(=O)[C@@H]1CC[C@H]2[C@@H]3CCC4=CC(=NOCC(=O)N[C@@H](CO)C(=O)O)CC[C@]4(C)[C@H]3CC[C@]12C. The number of fused-ring (bicyclic) bond motifs is 5. The van der Waals surface area contributed by atoms with Crippen LogP contribution in [0.1, 0.15) is 72.1 Å². The Hall–Kier alpha value is -2.22. The van der Waals surface area contributed by atoms with Crippen LogP contribution in [0, 0.1) is 34.5 Å². The molecular weight excluding hydrogens is 436 g/mol. The standard InChI is InChI=1S/C26H38N2O6/c1-15(30)19-6-7-20-18-5-4-16-12-17(28-34-14-23(31)27-22(13-29)24(32)33)8-10-25(16,2)21(18)9-11-26(19,20)3/h12,18-22,29H,4-11,13-14H2,1-3H3,(H,27,31)(H,32,33)/t18-,19-,20-,21-,22-,25-,26+/m0/s1. The van der Waals surface area contributed by atoms with E-state index < -0.39 is 31.1 Å². The molecule has 3 saturated carbocycles. The monoisotopic (exact) mass is 474 g/mol. The number of nitrogens with zero attached hydrogens (tertiary/aromatic N) is 1. The van der Waals surface area contributed by atoms with Crippen LogP contribution in [0.2, 0.25) is 0 Å². The fourth-order valence-corrected chi connectivity index (χ4v) is 7.91. The maximum Gasteiger partial charge on any atom is 0.328 e. The van der Waals surface area contributed by atoms with Crippen molar-refractivity contribution in [1.82, 2.24) is 5.32 Å². The second-order valence-corrected chi connectivity index (χ2v) is 11.3. The van der Waals surface area contributed by atoms with Crippen molar-refractivity contribution in [2.24, 2.45) is 39.7 Å². The van der Waals surface area contributed by atoms with Gasteiger partial charge in [0, 0.05) is 5.92 Å². The van der Waals surface area contributed by atoms with Gasteiger partial charge in [0.05, 0.1) is 12.3 Å². The van der Waals surface area contributed by atoms with Gasteiger partial charge in [-0.25, -0.2) is 4.79 Å². The van der Waals surface area contributed by atoms with E-state index in [2.05, 4.69) is 30.4 Å². The molecule has 7 atom stereocenters. The van der Waals surface area contributed by atoms with Gasteiger partial charge in [0.25, 0.3) is 5.91 Å². The molecule has 188 valence electrons. The van der Waals surface area contributed by atoms with Crippen LogP contribution in [0.3, 0.4) is 0 Å². The van der Waals surface area contributed by atoms with Crippen LogP contribution in [0.15, 0.2) is 16.8 Å². The number of aliphatic hydroxyl groups excluding tert-OH is 1. The minimum atomic E-state index is -1.35. The first-order valence-corrected chi connectivity index (χ1v) is 12.6. The number of aliphatic hydroxyl groups is 1. The Balaban J connectivity index is 1.41. The van der Waals surface area contributed by atoms with Crippen molar-refractivity contribution in [2.45, 2.75) is 78.2 Å². The summed E-state index contributed by atoms with van der Waals surface area (Å²) in [5, 5.41) is 24.3. The largest absolute Gasteiger partial charge is 0.480 e. The summed E-state index contributed by atoms with van der Waals surface area (Å²) in [5.74, 6) is 0.619. The minimum absolute atomic E-state index is 0.144. The number of carbonyl (C=O) groups is 3. The zero-order chi connectivity index (χ0) is 24.7. The van der Waals surface area contributed by atoms with Gasteiger partial charge in [-0.1, -0.05) is 24.6 Å². The smallest absolute Gasteiger partial charge is 0.328 e. The zero-order valence-corrected chi connectivity index (χ0v) is 20.5. The lowest BCUT2D eigenvalue weighted by atomic mass is 9.46. The van der Waals surface area contributed by atoms with Crippen molar-refractivity contribution in [3.05, 3.63) is 11.6 Å². The lowest BCUT2D eigenvalue weighted by Crippen LogP contribution is -2.51. The highest BCUT2D eigenvalue weighted by molar-refractivity contribution is 5.96. The lowest BCUT2D eigenvalue weighted by Gasteiger charge is -2.58. The van der Waals surface area contributed by atoms with Crippen molar-refractivity contribution in [3.8, 4) is 0 Å². The first-order chi connectivity index (χ1) is 16.1. The Bertz CT molecular complexity index is 913. The van der Waals surface area contributed by atoms with Crippen molar-refractivity contribution < 1.29 is 29.4 Å². The van der Waals surface area contributed by atoms with Gasteiger partial charge < -0.3 is 20.4 Å². The van der Waals surface area contributed by atoms with Crippen LogP contribution in [0.25, 0.3) is 0 Å². The molecule has 3 fully saturated rings. The molecule has 0 aromatic rings. The Morgan fingerprint density at radius 2 is 1.91 bits per heavy atom. The van der Waals surface area contributed by atoms with E-state index in [-0.39, 0.29) is 16.7 Å². The highest BCUT2D eigenvalue weighted by atomic mass is 16.6. The van der Waals surface area contributed by atoms with Crippen molar-refractivity contribution in [2.75, 3.05) is 13.2 Å². The van der Waals surface area contributed by atoms with E-state index in [1.807, 2.05) is 0 Å². The molecule has 0 radical (unpaired) electrons. The van der Waals surface area contributed by atoms with E-state index in [9.17, 15) is 14.4 Å². The first-order valence-electron chi connectivity index (χ1n) is 12.6.